The van der Waals surface area contributed by atoms with E-state index in [1.807, 2.05) is 24.3 Å². The molecule has 0 aliphatic rings. The topological polar surface area (TPSA) is 92.7 Å². The van der Waals surface area contributed by atoms with Gasteiger partial charge in [-0.2, -0.15) is 9.78 Å². The second-order valence-corrected chi connectivity index (χ2v) is 8.61. The zero-order valence-corrected chi connectivity index (χ0v) is 20.0. The Morgan fingerprint density at radius 2 is 2.03 bits per heavy atom. The third-order valence-electron chi connectivity index (χ3n) is 5.68. The van der Waals surface area contributed by atoms with E-state index >= 15 is 0 Å². The minimum absolute atomic E-state index is 0.0665. The lowest BCUT2D eigenvalue weighted by molar-refractivity contribution is -0.766. The minimum Gasteiger partial charge on any atom is -0.485 e. The van der Waals surface area contributed by atoms with E-state index in [0.717, 1.165) is 24.1 Å². The number of hydrogen-bond acceptors (Lipinski definition) is 5. The molecule has 0 fully saturated rings. The Bertz CT molecular complexity index is 1270. The van der Waals surface area contributed by atoms with Crippen LogP contribution in [0, 0.1) is 11.6 Å². The highest BCUT2D eigenvalue weighted by molar-refractivity contribution is 5.50. The molecular formula is C26H29F2N6O2+. The fourth-order valence-corrected chi connectivity index (χ4v) is 3.84. The lowest BCUT2D eigenvalue weighted by atomic mass is 9.93. The number of aliphatic hydroxyl groups is 1. The highest BCUT2D eigenvalue weighted by atomic mass is 19.1. The number of hydrogen-bond donors (Lipinski definition) is 2. The Kier molecular flexibility index (Phi) is 8.17. The van der Waals surface area contributed by atoms with Gasteiger partial charge in [-0.05, 0) is 30.2 Å². The van der Waals surface area contributed by atoms with Crippen LogP contribution in [0.3, 0.4) is 0 Å². The zero-order valence-electron chi connectivity index (χ0n) is 20.0. The SMILES string of the molecule is CCCC/C=C/c1ccc(OCc2c[n+](CC(O)(Cn3cncn3)c3ccc(F)cc3F)[nH]n2)cc1. The Hall–Kier alpha value is -3.92. The first-order valence-electron chi connectivity index (χ1n) is 11.8. The molecule has 0 spiro atoms. The molecule has 0 saturated heterocycles. The molecule has 2 heterocycles. The first kappa shape index (κ1) is 25.2. The number of benzene rings is 2. The predicted molar refractivity (Wildman–Crippen MR) is 128 cm³/mol. The minimum atomic E-state index is -1.76. The molecule has 0 saturated carbocycles. The first-order valence-corrected chi connectivity index (χ1v) is 11.8. The van der Waals surface area contributed by atoms with Gasteiger partial charge in [0.05, 0.1) is 6.54 Å². The molecule has 188 valence electrons. The van der Waals surface area contributed by atoms with E-state index in [1.54, 1.807) is 6.20 Å². The molecule has 4 rings (SSSR count). The molecule has 0 amide bonds. The number of unbranched alkanes of at least 4 members (excludes halogenated alkanes) is 2. The van der Waals surface area contributed by atoms with Gasteiger partial charge in [0.1, 0.15) is 36.6 Å². The van der Waals surface area contributed by atoms with Gasteiger partial charge >= 0.3 is 0 Å². The molecule has 0 bridgehead atoms. The Balaban J connectivity index is 1.42. The molecule has 0 aliphatic heterocycles. The van der Waals surface area contributed by atoms with Crippen molar-refractivity contribution in [2.45, 2.75) is 51.5 Å². The van der Waals surface area contributed by atoms with E-state index < -0.39 is 17.2 Å². The van der Waals surface area contributed by atoms with E-state index in [-0.39, 0.29) is 25.3 Å². The predicted octanol–water partition coefficient (Wildman–Crippen LogP) is 3.94. The monoisotopic (exact) mass is 495 g/mol. The summed E-state index contributed by atoms with van der Waals surface area (Å²) >= 11 is 0. The van der Waals surface area contributed by atoms with Crippen molar-refractivity contribution in [3.05, 3.63) is 95.8 Å². The van der Waals surface area contributed by atoms with E-state index in [1.165, 1.54) is 40.9 Å². The van der Waals surface area contributed by atoms with Crippen LogP contribution >= 0.6 is 0 Å². The van der Waals surface area contributed by atoms with E-state index in [4.69, 9.17) is 4.74 Å². The molecule has 1 atom stereocenters. The number of nitrogens with zero attached hydrogens (tertiary/aromatic N) is 5. The number of halogens is 2. The number of allylic oxidation sites excluding steroid dienone is 1. The van der Waals surface area contributed by atoms with Crippen LogP contribution in [-0.2, 0) is 25.3 Å². The van der Waals surface area contributed by atoms with Gasteiger partial charge in [0, 0.05) is 16.7 Å². The fourth-order valence-electron chi connectivity index (χ4n) is 3.84. The standard InChI is InChI=1S/C26H28F2N6O2/c1-2-3-4-5-6-20-7-10-23(11-8-20)36-15-22-14-33(32-31-22)16-26(35,17-34-19-29-18-30-34)24-12-9-21(27)13-25(24)28/h5-14,18-19,35H,2-4,15-17H2,1H3/p+1/b6-5+. The van der Waals surface area contributed by atoms with Crippen LogP contribution in [0.4, 0.5) is 8.78 Å². The summed E-state index contributed by atoms with van der Waals surface area (Å²) in [6.07, 6.45) is 12.1. The summed E-state index contributed by atoms with van der Waals surface area (Å²) in [6, 6.07) is 10.8. The van der Waals surface area contributed by atoms with Crippen molar-refractivity contribution < 1.29 is 23.3 Å². The molecule has 1 unspecified atom stereocenters. The van der Waals surface area contributed by atoms with Gasteiger partial charge in [-0.3, -0.25) is 0 Å². The van der Waals surface area contributed by atoms with Crippen LogP contribution in [0.5, 0.6) is 5.75 Å². The van der Waals surface area contributed by atoms with Crippen molar-refractivity contribution >= 4 is 6.08 Å². The first-order chi connectivity index (χ1) is 17.4. The molecule has 4 aromatic rings. The van der Waals surface area contributed by atoms with Gasteiger partial charge in [-0.1, -0.05) is 55.3 Å². The van der Waals surface area contributed by atoms with Crippen molar-refractivity contribution in [1.29, 1.82) is 0 Å². The van der Waals surface area contributed by atoms with Crippen molar-refractivity contribution in [2.75, 3.05) is 0 Å². The summed E-state index contributed by atoms with van der Waals surface area (Å²) in [5.41, 5.74) is -0.138. The number of nitrogens with one attached hydrogen (secondary N) is 1. The van der Waals surface area contributed by atoms with Gasteiger partial charge in [-0.15, -0.1) is 0 Å². The maximum atomic E-state index is 14.6. The molecule has 36 heavy (non-hydrogen) atoms. The van der Waals surface area contributed by atoms with Crippen LogP contribution in [0.1, 0.15) is 43.0 Å². The Morgan fingerprint density at radius 1 is 1.19 bits per heavy atom. The van der Waals surface area contributed by atoms with Gasteiger partial charge in [0.2, 0.25) is 0 Å². The molecule has 10 heteroatoms. The van der Waals surface area contributed by atoms with Gasteiger partial charge in [-0.25, -0.2) is 18.4 Å². The van der Waals surface area contributed by atoms with Crippen molar-refractivity contribution in [1.82, 2.24) is 25.1 Å². The molecule has 2 aromatic heterocycles. The molecule has 8 nitrogen and oxygen atoms in total. The summed E-state index contributed by atoms with van der Waals surface area (Å²) in [6.45, 7) is 2.17. The average molecular weight is 496 g/mol. The van der Waals surface area contributed by atoms with Crippen molar-refractivity contribution in [2.24, 2.45) is 0 Å². The van der Waals surface area contributed by atoms with Crippen LogP contribution in [-0.4, -0.2) is 30.2 Å². The third-order valence-corrected chi connectivity index (χ3v) is 5.68. The van der Waals surface area contributed by atoms with Gasteiger partial charge in [0.15, 0.2) is 18.4 Å². The number of ether oxygens (including phenoxy) is 1. The fraction of sp³-hybridized carbons (Fsp3) is 0.308. The van der Waals surface area contributed by atoms with Crippen LogP contribution in [0.25, 0.3) is 6.08 Å². The normalized spacial score (nSPS) is 13.2. The number of rotatable bonds is 12. The lowest BCUT2D eigenvalue weighted by Crippen LogP contribution is -2.49. The zero-order chi connectivity index (χ0) is 25.4. The van der Waals surface area contributed by atoms with Crippen molar-refractivity contribution in [3.8, 4) is 5.75 Å². The largest absolute Gasteiger partial charge is 0.485 e. The Labute approximate surface area is 207 Å². The lowest BCUT2D eigenvalue weighted by Gasteiger charge is -2.26. The summed E-state index contributed by atoms with van der Waals surface area (Å²) in [7, 11) is 0. The number of aromatic nitrogens is 6. The summed E-state index contributed by atoms with van der Waals surface area (Å²) in [4.78, 5) is 3.87. The van der Waals surface area contributed by atoms with Crippen LogP contribution in [0.2, 0.25) is 0 Å². The molecular weight excluding hydrogens is 466 g/mol. The molecule has 2 N–H and O–H groups in total. The second kappa shape index (κ2) is 11.7. The van der Waals surface area contributed by atoms with Crippen LogP contribution < -0.4 is 9.42 Å². The summed E-state index contributed by atoms with van der Waals surface area (Å²) in [5.74, 6) is -0.884. The molecule has 2 aromatic carbocycles. The Morgan fingerprint density at radius 3 is 2.75 bits per heavy atom. The second-order valence-electron chi connectivity index (χ2n) is 8.61. The quantitative estimate of drug-likeness (QED) is 0.229. The van der Waals surface area contributed by atoms with E-state index in [9.17, 15) is 13.9 Å². The maximum absolute atomic E-state index is 14.6. The van der Waals surface area contributed by atoms with Gasteiger partial charge in [0.25, 0.3) is 5.69 Å². The summed E-state index contributed by atoms with van der Waals surface area (Å²) in [5, 5.41) is 22.5. The maximum Gasteiger partial charge on any atom is 0.255 e. The molecule has 0 radical (unpaired) electrons. The smallest absolute Gasteiger partial charge is 0.255 e. The molecule has 0 aliphatic carbocycles. The highest BCUT2D eigenvalue weighted by Gasteiger charge is 2.37. The third kappa shape index (κ3) is 6.60. The summed E-state index contributed by atoms with van der Waals surface area (Å²) < 4.78 is 36.8. The number of aromatic amines is 1. The average Bonchev–Trinajstić information content (AvgIpc) is 3.53. The number of H-pyrrole nitrogens is 1. The van der Waals surface area contributed by atoms with Gasteiger partial charge < -0.3 is 9.84 Å². The van der Waals surface area contributed by atoms with Crippen LogP contribution in [0.15, 0.2) is 67.4 Å². The van der Waals surface area contributed by atoms with E-state index in [2.05, 4.69) is 39.5 Å². The van der Waals surface area contributed by atoms with Crippen molar-refractivity contribution in [3.63, 3.8) is 0 Å². The highest BCUT2D eigenvalue weighted by Crippen LogP contribution is 2.27. The van der Waals surface area contributed by atoms with E-state index in [0.29, 0.717) is 11.4 Å².